The first-order valence-corrected chi connectivity index (χ1v) is 1.86. The Balaban J connectivity index is -0.0000000171. The molecule has 0 aliphatic heterocycles. The molecule has 7 heteroatoms. The average Bonchev–Trinajstić information content (AvgIpc) is 1.25. The van der Waals surface area contributed by atoms with Gasteiger partial charge in [-0.25, -0.2) is 0 Å². The Bertz CT molecular complexity index is 72.6. The van der Waals surface area contributed by atoms with Crippen LogP contribution in [0.4, 0.5) is 0 Å². The van der Waals surface area contributed by atoms with Gasteiger partial charge in [0.15, 0.2) is 0 Å². The molecule has 6 nitrogen and oxygen atoms in total. The van der Waals surface area contributed by atoms with E-state index in [1.807, 2.05) is 0 Å². The fraction of sp³-hybridized carbons (Fsp3) is 0.500. The van der Waals surface area contributed by atoms with Crippen molar-refractivity contribution in [2.24, 2.45) is 0 Å². The zero-order valence-corrected chi connectivity index (χ0v) is 7.17. The number of carbonyl (C=O) groups is 2. The summed E-state index contributed by atoms with van der Waals surface area (Å²) in [5.74, 6) is -1.67. The van der Waals surface area contributed by atoms with Gasteiger partial charge in [0.1, 0.15) is 0 Å². The Morgan fingerprint density at radius 1 is 0.909 bits per heavy atom. The van der Waals surface area contributed by atoms with E-state index in [1.54, 1.807) is 0 Å². The number of hydrogen-bond donors (Lipinski definition) is 2. The monoisotopic (exact) mass is 212 g/mol. The van der Waals surface area contributed by atoms with E-state index in [-0.39, 0.29) is 28.0 Å². The Morgan fingerprint density at radius 2 is 0.909 bits per heavy atom. The smallest absolute Gasteiger partial charge is 0.300 e. The average molecular weight is 212 g/mol. The maximum absolute atomic E-state index is 9.00. The number of aliphatic carboxylic acids is 2. The Labute approximate surface area is 74.3 Å². The molecule has 0 aromatic rings. The van der Waals surface area contributed by atoms with E-state index in [9.17, 15) is 0 Å². The number of carboxylic acid groups (broad SMARTS) is 2. The van der Waals surface area contributed by atoms with Gasteiger partial charge in [0, 0.05) is 30.9 Å². The van der Waals surface area contributed by atoms with Crippen LogP contribution in [-0.4, -0.2) is 33.1 Å². The largest absolute Gasteiger partial charge is 0.481 e. The standard InChI is InChI=1S/2C2H4O2.Fe.2H2O/c2*1-2(3)4;;;/h2*1H3,(H,3,4);;2*1H2. The van der Waals surface area contributed by atoms with Crippen LogP contribution >= 0.6 is 0 Å². The molecule has 6 N–H and O–H groups in total. The molecule has 0 spiro atoms. The van der Waals surface area contributed by atoms with Crippen molar-refractivity contribution >= 4 is 11.9 Å². The van der Waals surface area contributed by atoms with Crippen molar-refractivity contribution in [2.45, 2.75) is 13.8 Å². The molecule has 0 aromatic carbocycles. The Morgan fingerprint density at radius 3 is 0.909 bits per heavy atom. The minimum Gasteiger partial charge on any atom is -0.481 e. The molecule has 0 amide bonds. The van der Waals surface area contributed by atoms with Gasteiger partial charge in [-0.1, -0.05) is 0 Å². The molecular formula is C4H12FeO6. The molecule has 0 fully saturated rings. The number of rotatable bonds is 0. The van der Waals surface area contributed by atoms with Crippen molar-refractivity contribution < 1.29 is 47.8 Å². The van der Waals surface area contributed by atoms with Crippen LogP contribution in [0.3, 0.4) is 0 Å². The molecule has 0 saturated carbocycles. The zero-order valence-electron chi connectivity index (χ0n) is 6.06. The van der Waals surface area contributed by atoms with Gasteiger partial charge in [-0.05, 0) is 0 Å². The second-order valence-electron chi connectivity index (χ2n) is 1.04. The second-order valence-corrected chi connectivity index (χ2v) is 1.04. The van der Waals surface area contributed by atoms with Crippen LogP contribution in [-0.2, 0) is 26.7 Å². The van der Waals surface area contributed by atoms with E-state index >= 15 is 0 Å². The summed E-state index contributed by atoms with van der Waals surface area (Å²) in [4.78, 5) is 18.0. The summed E-state index contributed by atoms with van der Waals surface area (Å²) >= 11 is 0. The fourth-order valence-corrected chi connectivity index (χ4v) is 0. The third kappa shape index (κ3) is 1330. The molecular weight excluding hydrogens is 200 g/mol. The van der Waals surface area contributed by atoms with Crippen molar-refractivity contribution in [2.75, 3.05) is 0 Å². The molecule has 0 bridgehead atoms. The third-order valence-corrected chi connectivity index (χ3v) is 0. The second kappa shape index (κ2) is 22.8. The van der Waals surface area contributed by atoms with Gasteiger partial charge in [-0.15, -0.1) is 0 Å². The first-order valence-electron chi connectivity index (χ1n) is 1.86. The first-order chi connectivity index (χ1) is 3.46. The first kappa shape index (κ1) is 31.6. The molecule has 0 radical (unpaired) electrons. The third-order valence-electron chi connectivity index (χ3n) is 0. The number of hydrogen-bond acceptors (Lipinski definition) is 2. The van der Waals surface area contributed by atoms with Crippen molar-refractivity contribution in [3.05, 3.63) is 0 Å². The molecule has 0 saturated heterocycles. The van der Waals surface area contributed by atoms with Crippen LogP contribution < -0.4 is 0 Å². The SMILES string of the molecule is CC(=O)O.CC(=O)O.O.O.[Fe]. The predicted octanol–water partition coefficient (Wildman–Crippen LogP) is -1.47. The van der Waals surface area contributed by atoms with Gasteiger partial charge in [0.2, 0.25) is 0 Å². The summed E-state index contributed by atoms with van der Waals surface area (Å²) in [5, 5.41) is 14.8. The fourth-order valence-electron chi connectivity index (χ4n) is 0. The summed E-state index contributed by atoms with van der Waals surface area (Å²) < 4.78 is 0. The van der Waals surface area contributed by atoms with E-state index < -0.39 is 11.9 Å². The van der Waals surface area contributed by atoms with Crippen molar-refractivity contribution in [1.29, 1.82) is 0 Å². The van der Waals surface area contributed by atoms with Crippen LogP contribution in [0.5, 0.6) is 0 Å². The number of carboxylic acids is 2. The van der Waals surface area contributed by atoms with Gasteiger partial charge >= 0.3 is 0 Å². The van der Waals surface area contributed by atoms with Gasteiger partial charge in [0.05, 0.1) is 0 Å². The minimum absolute atomic E-state index is 0. The normalized spacial score (nSPS) is 4.55. The van der Waals surface area contributed by atoms with E-state index in [2.05, 4.69) is 0 Å². The summed E-state index contributed by atoms with van der Waals surface area (Å²) in [7, 11) is 0. The molecule has 0 heterocycles. The van der Waals surface area contributed by atoms with E-state index in [0.29, 0.717) is 0 Å². The van der Waals surface area contributed by atoms with Crippen molar-refractivity contribution in [3.8, 4) is 0 Å². The molecule has 0 aliphatic rings. The molecule has 0 rings (SSSR count). The molecule has 0 aromatic heterocycles. The van der Waals surface area contributed by atoms with Crippen molar-refractivity contribution in [1.82, 2.24) is 0 Å². The Kier molecular flexibility index (Phi) is 65.3. The molecule has 0 aliphatic carbocycles. The Hall–Kier alpha value is -0.621. The van der Waals surface area contributed by atoms with Gasteiger partial charge in [0.25, 0.3) is 11.9 Å². The van der Waals surface area contributed by atoms with Crippen LogP contribution in [0, 0.1) is 0 Å². The van der Waals surface area contributed by atoms with Crippen LogP contribution in [0.15, 0.2) is 0 Å². The van der Waals surface area contributed by atoms with Gasteiger partial charge in [-0.2, -0.15) is 0 Å². The molecule has 0 unspecified atom stereocenters. The zero-order chi connectivity index (χ0) is 7.15. The van der Waals surface area contributed by atoms with E-state index in [1.165, 1.54) is 0 Å². The van der Waals surface area contributed by atoms with E-state index in [4.69, 9.17) is 19.8 Å². The molecule has 11 heavy (non-hydrogen) atoms. The summed E-state index contributed by atoms with van der Waals surface area (Å²) in [5.41, 5.74) is 0. The van der Waals surface area contributed by atoms with Crippen molar-refractivity contribution in [3.63, 3.8) is 0 Å². The van der Waals surface area contributed by atoms with Crippen LogP contribution in [0.1, 0.15) is 13.8 Å². The predicted molar refractivity (Wildman–Crippen MR) is 33.8 cm³/mol. The quantitative estimate of drug-likeness (QED) is 0.473. The van der Waals surface area contributed by atoms with E-state index in [0.717, 1.165) is 13.8 Å². The van der Waals surface area contributed by atoms with Gasteiger partial charge < -0.3 is 21.2 Å². The molecule has 0 atom stereocenters. The minimum atomic E-state index is -0.833. The maximum atomic E-state index is 9.00. The van der Waals surface area contributed by atoms with Crippen LogP contribution in [0.25, 0.3) is 0 Å². The maximum Gasteiger partial charge on any atom is 0.300 e. The summed E-state index contributed by atoms with van der Waals surface area (Å²) in [6.07, 6.45) is 0. The van der Waals surface area contributed by atoms with Crippen LogP contribution in [0.2, 0.25) is 0 Å². The summed E-state index contributed by atoms with van der Waals surface area (Å²) in [6.45, 7) is 2.17. The molecule has 72 valence electrons. The van der Waals surface area contributed by atoms with Gasteiger partial charge in [-0.3, -0.25) is 9.59 Å². The topological polar surface area (TPSA) is 138 Å². The summed E-state index contributed by atoms with van der Waals surface area (Å²) in [6, 6.07) is 0.